The van der Waals surface area contributed by atoms with Crippen LogP contribution in [-0.2, 0) is 14.3 Å². The number of rotatable bonds is 65. The lowest BCUT2D eigenvalue weighted by Gasteiger charge is -2.20. The molecule has 0 fully saturated rings. The molecule has 0 saturated carbocycles. The van der Waals surface area contributed by atoms with Crippen LogP contribution in [0.1, 0.15) is 380 Å². The maximum atomic E-state index is 12.5. The van der Waals surface area contributed by atoms with Crippen LogP contribution in [0, 0.1) is 0 Å². The van der Waals surface area contributed by atoms with Crippen LogP contribution < -0.4 is 5.32 Å². The highest BCUT2D eigenvalue weighted by Crippen LogP contribution is 2.18. The van der Waals surface area contributed by atoms with Gasteiger partial charge in [-0.3, -0.25) is 9.59 Å². The average Bonchev–Trinajstić information content (AvgIpc) is 3.43. The summed E-state index contributed by atoms with van der Waals surface area (Å²) in [7, 11) is 0. The molecule has 2 unspecified atom stereocenters. The van der Waals surface area contributed by atoms with Gasteiger partial charge in [-0.1, -0.05) is 320 Å². The summed E-state index contributed by atoms with van der Waals surface area (Å²) < 4.78 is 5.48. The van der Waals surface area contributed by atoms with Gasteiger partial charge in [-0.15, -0.1) is 0 Å². The molecular formula is C71H135NO5. The fourth-order valence-electron chi connectivity index (χ4n) is 10.8. The SMILES string of the molecule is CCCCCC/C=C\CCCCCCCC(=O)OCCCCCCCCCCCCCC/C=C\CCCCCCCCCC(=O)NC(CO)C(O)/C=C/CCCCCCCCCCCCCCCCCCCCCCCC. The number of carbonyl (C=O) groups excluding carboxylic acids is 2. The summed E-state index contributed by atoms with van der Waals surface area (Å²) in [5, 5.41) is 23.3. The number of aliphatic hydroxyl groups is 2. The van der Waals surface area contributed by atoms with E-state index in [1.165, 1.54) is 302 Å². The molecule has 77 heavy (non-hydrogen) atoms. The molecule has 0 spiro atoms. The van der Waals surface area contributed by atoms with Gasteiger partial charge in [-0.25, -0.2) is 0 Å². The standard InChI is InChI=1S/C71H135NO5/c1-3-5-7-9-11-13-15-17-18-19-20-21-22-24-27-30-33-36-40-43-47-51-55-59-63-69(74)68(67-73)72-70(75)64-60-56-52-48-44-41-37-34-31-28-25-23-26-29-32-35-38-42-46-50-54-58-62-66-77-71(76)65-61-57-53-49-45-39-16-14-12-10-8-6-4-2/h14,16,28,31,59,63,68-69,73-74H,3-13,15,17-27,29-30,32-58,60-62,64-67H2,1-2H3,(H,72,75)/b16-14-,31-28-,63-59+. The lowest BCUT2D eigenvalue weighted by Crippen LogP contribution is -2.45. The molecule has 0 aromatic carbocycles. The molecule has 3 N–H and O–H groups in total. The number of amides is 1. The van der Waals surface area contributed by atoms with Crippen molar-refractivity contribution in [2.45, 2.75) is 392 Å². The number of ether oxygens (including phenoxy) is 1. The van der Waals surface area contributed by atoms with Crippen molar-refractivity contribution < 1.29 is 24.5 Å². The lowest BCUT2D eigenvalue weighted by atomic mass is 10.0. The lowest BCUT2D eigenvalue weighted by molar-refractivity contribution is -0.143. The van der Waals surface area contributed by atoms with Crippen LogP contribution in [0.15, 0.2) is 36.5 Å². The van der Waals surface area contributed by atoms with Crippen molar-refractivity contribution in [1.29, 1.82) is 0 Å². The molecule has 6 heteroatoms. The Labute approximate surface area is 481 Å². The summed E-state index contributed by atoms with van der Waals surface area (Å²) in [6.07, 6.45) is 85.0. The van der Waals surface area contributed by atoms with Crippen LogP contribution in [0.25, 0.3) is 0 Å². The van der Waals surface area contributed by atoms with Crippen molar-refractivity contribution in [2.75, 3.05) is 13.2 Å². The summed E-state index contributed by atoms with van der Waals surface area (Å²) in [5.41, 5.74) is 0. The second kappa shape index (κ2) is 66.6. The third kappa shape index (κ3) is 63.1. The van der Waals surface area contributed by atoms with E-state index < -0.39 is 12.1 Å². The zero-order valence-electron chi connectivity index (χ0n) is 52.0. The molecule has 0 radical (unpaired) electrons. The quantitative estimate of drug-likeness (QED) is 0.0320. The Kier molecular flexibility index (Phi) is 64.9. The van der Waals surface area contributed by atoms with Crippen molar-refractivity contribution >= 4 is 11.9 Å². The fourth-order valence-corrected chi connectivity index (χ4v) is 10.8. The van der Waals surface area contributed by atoms with E-state index >= 15 is 0 Å². The topological polar surface area (TPSA) is 95.9 Å². The van der Waals surface area contributed by atoms with Crippen LogP contribution in [-0.4, -0.2) is 47.4 Å². The zero-order valence-corrected chi connectivity index (χ0v) is 52.0. The van der Waals surface area contributed by atoms with Crippen molar-refractivity contribution in [2.24, 2.45) is 0 Å². The molecule has 0 bridgehead atoms. The third-order valence-electron chi connectivity index (χ3n) is 16.1. The van der Waals surface area contributed by atoms with Crippen LogP contribution in [0.3, 0.4) is 0 Å². The Balaban J connectivity index is 3.45. The Morgan fingerprint density at radius 2 is 0.610 bits per heavy atom. The normalized spacial score (nSPS) is 12.7. The Morgan fingerprint density at radius 3 is 0.935 bits per heavy atom. The maximum Gasteiger partial charge on any atom is 0.305 e. The molecule has 0 saturated heterocycles. The number of hydrogen-bond donors (Lipinski definition) is 3. The van der Waals surface area contributed by atoms with Gasteiger partial charge >= 0.3 is 5.97 Å². The minimum atomic E-state index is -0.850. The monoisotopic (exact) mass is 1080 g/mol. The Hall–Kier alpha value is -1.92. The maximum absolute atomic E-state index is 12.5. The van der Waals surface area contributed by atoms with Gasteiger partial charge in [-0.2, -0.15) is 0 Å². The number of nitrogens with one attached hydrogen (secondary N) is 1. The molecule has 0 rings (SSSR count). The van der Waals surface area contributed by atoms with Crippen molar-refractivity contribution in [3.8, 4) is 0 Å². The minimum absolute atomic E-state index is 0.00214. The van der Waals surface area contributed by atoms with Gasteiger partial charge in [0.05, 0.1) is 25.4 Å². The van der Waals surface area contributed by atoms with Crippen molar-refractivity contribution in [1.82, 2.24) is 5.32 Å². The summed E-state index contributed by atoms with van der Waals surface area (Å²) in [6, 6.07) is -0.634. The van der Waals surface area contributed by atoms with E-state index in [0.29, 0.717) is 19.4 Å². The van der Waals surface area contributed by atoms with E-state index in [0.717, 1.165) is 51.4 Å². The second-order valence-electron chi connectivity index (χ2n) is 23.9. The summed E-state index contributed by atoms with van der Waals surface area (Å²) in [5.74, 6) is -0.0685. The molecule has 0 aromatic heterocycles. The first-order valence-electron chi connectivity index (χ1n) is 34.8. The molecule has 0 aliphatic carbocycles. The van der Waals surface area contributed by atoms with Gasteiger partial charge in [-0.05, 0) is 83.5 Å². The van der Waals surface area contributed by atoms with E-state index in [4.69, 9.17) is 4.74 Å². The van der Waals surface area contributed by atoms with Crippen LogP contribution in [0.5, 0.6) is 0 Å². The molecule has 0 heterocycles. The van der Waals surface area contributed by atoms with Gasteiger partial charge in [0.25, 0.3) is 0 Å². The third-order valence-corrected chi connectivity index (χ3v) is 16.1. The van der Waals surface area contributed by atoms with Crippen molar-refractivity contribution in [3.05, 3.63) is 36.5 Å². The molecule has 2 atom stereocenters. The van der Waals surface area contributed by atoms with E-state index in [2.05, 4.69) is 43.5 Å². The highest BCUT2D eigenvalue weighted by atomic mass is 16.5. The molecule has 1 amide bonds. The van der Waals surface area contributed by atoms with Crippen molar-refractivity contribution in [3.63, 3.8) is 0 Å². The number of esters is 1. The van der Waals surface area contributed by atoms with E-state index in [1.807, 2.05) is 6.08 Å². The number of unbranched alkanes of at least 4 members (excludes halogenated alkanes) is 50. The predicted molar refractivity (Wildman–Crippen MR) is 338 cm³/mol. The summed E-state index contributed by atoms with van der Waals surface area (Å²) in [4.78, 5) is 24.6. The molecule has 0 aliphatic heterocycles. The highest BCUT2D eigenvalue weighted by Gasteiger charge is 2.18. The summed E-state index contributed by atoms with van der Waals surface area (Å²) in [6.45, 7) is 4.91. The molecule has 6 nitrogen and oxygen atoms in total. The van der Waals surface area contributed by atoms with Gasteiger partial charge < -0.3 is 20.3 Å². The van der Waals surface area contributed by atoms with E-state index in [-0.39, 0.29) is 18.5 Å². The van der Waals surface area contributed by atoms with Crippen LogP contribution in [0.2, 0.25) is 0 Å². The largest absolute Gasteiger partial charge is 0.466 e. The number of allylic oxidation sites excluding steroid dienone is 5. The number of aliphatic hydroxyl groups excluding tert-OH is 2. The van der Waals surface area contributed by atoms with Gasteiger partial charge in [0, 0.05) is 12.8 Å². The molecule has 454 valence electrons. The second-order valence-corrected chi connectivity index (χ2v) is 23.9. The Morgan fingerprint density at radius 1 is 0.351 bits per heavy atom. The first-order valence-corrected chi connectivity index (χ1v) is 34.8. The summed E-state index contributed by atoms with van der Waals surface area (Å²) >= 11 is 0. The first kappa shape index (κ1) is 75.1. The van der Waals surface area contributed by atoms with Gasteiger partial charge in [0.2, 0.25) is 5.91 Å². The van der Waals surface area contributed by atoms with E-state index in [1.54, 1.807) is 6.08 Å². The van der Waals surface area contributed by atoms with E-state index in [9.17, 15) is 19.8 Å². The first-order chi connectivity index (χ1) is 38.0. The molecule has 0 aliphatic rings. The fraction of sp³-hybridized carbons (Fsp3) is 0.887. The van der Waals surface area contributed by atoms with Crippen LogP contribution in [0.4, 0.5) is 0 Å². The average molecular weight is 1080 g/mol. The highest BCUT2D eigenvalue weighted by molar-refractivity contribution is 5.76. The number of hydrogen-bond acceptors (Lipinski definition) is 5. The Bertz CT molecular complexity index is 1250. The van der Waals surface area contributed by atoms with Gasteiger partial charge in [0.1, 0.15) is 0 Å². The van der Waals surface area contributed by atoms with Crippen LogP contribution >= 0.6 is 0 Å². The predicted octanol–water partition coefficient (Wildman–Crippen LogP) is 22.3. The minimum Gasteiger partial charge on any atom is -0.466 e. The smallest absolute Gasteiger partial charge is 0.305 e. The zero-order chi connectivity index (χ0) is 55.7. The van der Waals surface area contributed by atoms with Gasteiger partial charge in [0.15, 0.2) is 0 Å². The molecular weight excluding hydrogens is 947 g/mol. The number of carbonyl (C=O) groups is 2. The molecule has 0 aromatic rings.